The van der Waals surface area contributed by atoms with E-state index in [9.17, 15) is 28.3 Å². The Kier molecular flexibility index (Phi) is 17.0. The van der Waals surface area contributed by atoms with Crippen molar-refractivity contribution in [3.63, 3.8) is 0 Å². The number of hydrogen-bond acceptors (Lipinski definition) is 8. The van der Waals surface area contributed by atoms with Crippen LogP contribution in [0, 0.1) is 11.6 Å². The number of aliphatic hydroxyl groups excluding tert-OH is 1. The molecule has 0 saturated heterocycles. The average molecular weight is 815 g/mol. The summed E-state index contributed by atoms with van der Waals surface area (Å²) in [6.45, 7) is 11.7. The van der Waals surface area contributed by atoms with Gasteiger partial charge in [0.2, 0.25) is 0 Å². The van der Waals surface area contributed by atoms with E-state index in [4.69, 9.17) is 14.3 Å². The van der Waals surface area contributed by atoms with Crippen molar-refractivity contribution >= 4 is 23.6 Å². The molecule has 0 spiro atoms. The van der Waals surface area contributed by atoms with Crippen LogP contribution < -0.4 is 10.1 Å². The van der Waals surface area contributed by atoms with Crippen molar-refractivity contribution in [3.05, 3.63) is 136 Å². The molecule has 0 bridgehead atoms. The van der Waals surface area contributed by atoms with E-state index >= 15 is 0 Å². The maximum atomic E-state index is 14.5. The predicted molar refractivity (Wildman–Crippen MR) is 223 cm³/mol. The standard InChI is InChI=1S/C46H56F2N4O7/c1-8-18-51(19-9-2)44(55)37-25-35(31(3)50-58-30-32-14-11-10-12-15-32)24-36(26-37)43(54)49-41(23-34-20-38(47)27-39(48)21-34)42(53)29-52(45(56)59-46(4,5)6)28-33-16-13-17-40(22-33)57-7/h10-17,20-22,24-27,41-42,53H,8-9,18-19,23,28-30H2,1-7H3,(H,49,54)/t41-,42+/m0/s1. The van der Waals surface area contributed by atoms with E-state index < -0.39 is 41.4 Å². The highest BCUT2D eigenvalue weighted by Gasteiger charge is 2.30. The summed E-state index contributed by atoms with van der Waals surface area (Å²) in [4.78, 5) is 50.5. The Hall–Kier alpha value is -5.82. The zero-order valence-electron chi connectivity index (χ0n) is 35.0. The molecular formula is C46H56F2N4O7. The molecule has 4 aromatic carbocycles. The van der Waals surface area contributed by atoms with Gasteiger partial charge in [0.15, 0.2) is 0 Å². The predicted octanol–water partition coefficient (Wildman–Crippen LogP) is 8.32. The molecule has 0 saturated carbocycles. The molecule has 316 valence electrons. The number of ether oxygens (including phenoxy) is 2. The number of halogens is 2. The molecule has 0 aliphatic carbocycles. The van der Waals surface area contributed by atoms with Crippen molar-refractivity contribution in [1.82, 2.24) is 15.1 Å². The fraction of sp³-hybridized carbons (Fsp3) is 0.391. The first-order valence-corrected chi connectivity index (χ1v) is 19.8. The molecule has 0 aliphatic rings. The van der Waals surface area contributed by atoms with Crippen molar-refractivity contribution in [2.75, 3.05) is 26.7 Å². The van der Waals surface area contributed by atoms with E-state index in [0.29, 0.717) is 35.7 Å². The topological polar surface area (TPSA) is 130 Å². The van der Waals surface area contributed by atoms with Gasteiger partial charge in [0.05, 0.1) is 31.5 Å². The lowest BCUT2D eigenvalue weighted by Crippen LogP contribution is -2.51. The molecule has 13 heteroatoms. The number of carbonyl (C=O) groups excluding carboxylic acids is 3. The minimum atomic E-state index is -1.48. The van der Waals surface area contributed by atoms with Crippen molar-refractivity contribution in [1.29, 1.82) is 0 Å². The van der Waals surface area contributed by atoms with Gasteiger partial charge in [-0.2, -0.15) is 0 Å². The molecule has 0 heterocycles. The molecule has 3 amide bonds. The summed E-state index contributed by atoms with van der Waals surface area (Å²) in [7, 11) is 1.52. The van der Waals surface area contributed by atoms with Gasteiger partial charge in [0, 0.05) is 42.4 Å². The number of oxime groups is 1. The van der Waals surface area contributed by atoms with Crippen LogP contribution in [-0.4, -0.2) is 83.0 Å². The maximum Gasteiger partial charge on any atom is 0.410 e. The fourth-order valence-corrected chi connectivity index (χ4v) is 6.35. The fourth-order valence-electron chi connectivity index (χ4n) is 6.35. The first kappa shape index (κ1) is 45.9. The van der Waals surface area contributed by atoms with Crippen LogP contribution >= 0.6 is 0 Å². The quantitative estimate of drug-likeness (QED) is 0.0720. The zero-order chi connectivity index (χ0) is 43.1. The van der Waals surface area contributed by atoms with Gasteiger partial charge in [-0.05, 0) is 106 Å². The Morgan fingerprint density at radius 3 is 2.05 bits per heavy atom. The number of amides is 3. The minimum absolute atomic E-state index is 0.00290. The Morgan fingerprint density at radius 2 is 1.42 bits per heavy atom. The lowest BCUT2D eigenvalue weighted by molar-refractivity contribution is 0.00836. The summed E-state index contributed by atoms with van der Waals surface area (Å²) >= 11 is 0. The second-order valence-corrected chi connectivity index (χ2v) is 15.4. The summed E-state index contributed by atoms with van der Waals surface area (Å²) in [6.07, 6.45) is -0.976. The molecule has 4 rings (SSSR count). The normalized spacial score (nSPS) is 12.6. The summed E-state index contributed by atoms with van der Waals surface area (Å²) < 4.78 is 40.0. The second-order valence-electron chi connectivity index (χ2n) is 15.4. The van der Waals surface area contributed by atoms with Crippen molar-refractivity contribution in [2.24, 2.45) is 5.16 Å². The molecule has 59 heavy (non-hydrogen) atoms. The van der Waals surface area contributed by atoms with Crippen LogP contribution in [0.25, 0.3) is 0 Å². The molecule has 0 radical (unpaired) electrons. The zero-order valence-corrected chi connectivity index (χ0v) is 35.0. The van der Waals surface area contributed by atoms with E-state index in [2.05, 4.69) is 10.5 Å². The highest BCUT2D eigenvalue weighted by Crippen LogP contribution is 2.21. The third-order valence-electron chi connectivity index (χ3n) is 9.14. The van der Waals surface area contributed by atoms with E-state index in [-0.39, 0.29) is 48.7 Å². The van der Waals surface area contributed by atoms with Crippen LogP contribution in [-0.2, 0) is 29.1 Å². The number of rotatable bonds is 19. The molecule has 2 atom stereocenters. The number of methoxy groups -OCH3 is 1. The summed E-state index contributed by atoms with van der Waals surface area (Å²) in [5.74, 6) is -2.08. The van der Waals surface area contributed by atoms with Crippen molar-refractivity contribution < 1.29 is 42.6 Å². The average Bonchev–Trinajstić information content (AvgIpc) is 3.19. The maximum absolute atomic E-state index is 14.5. The number of carbonyl (C=O) groups is 3. The summed E-state index contributed by atoms with van der Waals surface area (Å²) in [5, 5.41) is 19.0. The van der Waals surface area contributed by atoms with Crippen LogP contribution in [0.2, 0.25) is 0 Å². The van der Waals surface area contributed by atoms with E-state index in [0.717, 1.165) is 36.6 Å². The Balaban J connectivity index is 1.73. The molecule has 0 unspecified atom stereocenters. The van der Waals surface area contributed by atoms with Gasteiger partial charge in [-0.15, -0.1) is 0 Å². The summed E-state index contributed by atoms with van der Waals surface area (Å²) in [6, 6.07) is 22.9. The van der Waals surface area contributed by atoms with Crippen LogP contribution in [0.1, 0.15) is 97.4 Å². The smallest absolute Gasteiger partial charge is 0.410 e. The number of nitrogens with one attached hydrogen (secondary N) is 1. The van der Waals surface area contributed by atoms with Gasteiger partial charge < -0.3 is 34.5 Å². The molecule has 0 aliphatic heterocycles. The molecule has 2 N–H and O–H groups in total. The molecule has 11 nitrogen and oxygen atoms in total. The van der Waals surface area contributed by atoms with E-state index in [1.165, 1.54) is 18.1 Å². The summed E-state index contributed by atoms with van der Waals surface area (Å²) in [5.41, 5.74) is 2.01. The number of benzene rings is 4. The second kappa shape index (κ2) is 21.8. The van der Waals surface area contributed by atoms with Crippen molar-refractivity contribution in [2.45, 2.75) is 91.7 Å². The highest BCUT2D eigenvalue weighted by molar-refractivity contribution is 6.06. The molecule has 4 aromatic rings. The third-order valence-corrected chi connectivity index (χ3v) is 9.14. The number of aliphatic hydroxyl groups is 1. The Labute approximate surface area is 346 Å². The lowest BCUT2D eigenvalue weighted by atomic mass is 9.98. The molecule has 0 aromatic heterocycles. The van der Waals surface area contributed by atoms with Crippen LogP contribution in [0.3, 0.4) is 0 Å². The monoisotopic (exact) mass is 814 g/mol. The molecular weight excluding hydrogens is 759 g/mol. The van der Waals surface area contributed by atoms with Gasteiger partial charge in [-0.3, -0.25) is 9.59 Å². The number of hydrogen-bond donors (Lipinski definition) is 2. The SMILES string of the molecule is CCCN(CCC)C(=O)c1cc(C(=O)N[C@@H](Cc2cc(F)cc(F)c2)[C@H](O)CN(Cc2cccc(OC)c2)C(=O)OC(C)(C)C)cc(C(C)=NOCc2ccccc2)c1. The Bertz CT molecular complexity index is 2030. The Morgan fingerprint density at radius 1 is 0.797 bits per heavy atom. The third kappa shape index (κ3) is 14.5. The largest absolute Gasteiger partial charge is 0.497 e. The van der Waals surface area contributed by atoms with E-state index in [1.54, 1.807) is 69.0 Å². The van der Waals surface area contributed by atoms with Gasteiger partial charge in [0.1, 0.15) is 29.6 Å². The van der Waals surface area contributed by atoms with Gasteiger partial charge in [0.25, 0.3) is 11.8 Å². The minimum Gasteiger partial charge on any atom is -0.497 e. The molecule has 0 fully saturated rings. The van der Waals surface area contributed by atoms with Gasteiger partial charge in [-0.25, -0.2) is 13.6 Å². The van der Waals surface area contributed by atoms with Gasteiger partial charge >= 0.3 is 6.09 Å². The van der Waals surface area contributed by atoms with E-state index in [1.807, 2.05) is 44.2 Å². The van der Waals surface area contributed by atoms with Crippen molar-refractivity contribution in [3.8, 4) is 5.75 Å². The lowest BCUT2D eigenvalue weighted by Gasteiger charge is -2.32. The highest BCUT2D eigenvalue weighted by atomic mass is 19.1. The number of nitrogens with zero attached hydrogens (tertiary/aromatic N) is 3. The van der Waals surface area contributed by atoms with Crippen LogP contribution in [0.15, 0.2) is 96.2 Å². The first-order chi connectivity index (χ1) is 28.1. The van der Waals surface area contributed by atoms with Crippen LogP contribution in [0.4, 0.5) is 13.6 Å². The van der Waals surface area contributed by atoms with Gasteiger partial charge in [-0.1, -0.05) is 61.5 Å². The first-order valence-electron chi connectivity index (χ1n) is 19.8. The van der Waals surface area contributed by atoms with Crippen LogP contribution in [0.5, 0.6) is 5.75 Å².